The van der Waals surface area contributed by atoms with E-state index in [0.29, 0.717) is 37.4 Å². The van der Waals surface area contributed by atoms with Gasteiger partial charge < -0.3 is 20.1 Å². The number of benzene rings is 1. The summed E-state index contributed by atoms with van der Waals surface area (Å²) >= 11 is 0. The van der Waals surface area contributed by atoms with Gasteiger partial charge in [-0.05, 0) is 56.2 Å². The first-order valence-electron chi connectivity index (χ1n) is 9.05. The SMILES string of the molecule is CCOc1ccc(Nc2ncccc2C(=O)N2CCCC(C(=O)O)C2)cc1. The number of hydrogen-bond acceptors (Lipinski definition) is 5. The van der Waals surface area contributed by atoms with E-state index in [1.165, 1.54) is 0 Å². The van der Waals surface area contributed by atoms with Crippen molar-refractivity contribution in [3.63, 3.8) is 0 Å². The molecule has 0 bridgehead atoms. The highest BCUT2D eigenvalue weighted by Gasteiger charge is 2.29. The fraction of sp³-hybridized carbons (Fsp3) is 0.350. The van der Waals surface area contributed by atoms with Crippen LogP contribution < -0.4 is 10.1 Å². The molecule has 7 heteroatoms. The first-order valence-corrected chi connectivity index (χ1v) is 9.05. The van der Waals surface area contributed by atoms with Gasteiger partial charge in [-0.25, -0.2) is 4.98 Å². The number of likely N-dealkylation sites (tertiary alicyclic amines) is 1. The van der Waals surface area contributed by atoms with Crippen LogP contribution in [0.25, 0.3) is 0 Å². The largest absolute Gasteiger partial charge is 0.494 e. The molecular weight excluding hydrogens is 346 g/mol. The molecule has 1 aliphatic heterocycles. The molecular formula is C20H23N3O4. The number of carboxylic acid groups (broad SMARTS) is 1. The van der Waals surface area contributed by atoms with Crippen molar-refractivity contribution < 1.29 is 19.4 Å². The summed E-state index contributed by atoms with van der Waals surface area (Å²) in [4.78, 5) is 30.1. The van der Waals surface area contributed by atoms with Crippen LogP contribution in [0.1, 0.15) is 30.1 Å². The number of pyridine rings is 1. The minimum absolute atomic E-state index is 0.206. The third-order valence-corrected chi connectivity index (χ3v) is 4.52. The minimum atomic E-state index is -0.855. The Balaban J connectivity index is 1.77. The van der Waals surface area contributed by atoms with E-state index >= 15 is 0 Å². The van der Waals surface area contributed by atoms with Gasteiger partial charge in [-0.1, -0.05) is 0 Å². The number of piperidine rings is 1. The molecule has 0 aliphatic carbocycles. The van der Waals surface area contributed by atoms with Gasteiger partial charge >= 0.3 is 5.97 Å². The lowest BCUT2D eigenvalue weighted by molar-refractivity contribution is -0.143. The summed E-state index contributed by atoms with van der Waals surface area (Å²) < 4.78 is 5.43. The van der Waals surface area contributed by atoms with Gasteiger partial charge in [0.15, 0.2) is 0 Å². The molecule has 1 atom stereocenters. The molecule has 2 aromatic rings. The van der Waals surface area contributed by atoms with E-state index in [9.17, 15) is 14.7 Å². The first kappa shape index (κ1) is 18.7. The molecule has 0 saturated carbocycles. The van der Waals surface area contributed by atoms with Crippen molar-refractivity contribution in [3.8, 4) is 5.75 Å². The predicted molar refractivity (Wildman–Crippen MR) is 101 cm³/mol. The lowest BCUT2D eigenvalue weighted by Gasteiger charge is -2.31. The zero-order valence-electron chi connectivity index (χ0n) is 15.2. The van der Waals surface area contributed by atoms with Crippen molar-refractivity contribution in [3.05, 3.63) is 48.2 Å². The molecule has 1 aromatic carbocycles. The molecule has 3 rings (SSSR count). The van der Waals surface area contributed by atoms with Crippen LogP contribution in [0, 0.1) is 5.92 Å². The van der Waals surface area contributed by atoms with Crippen LogP contribution in [-0.2, 0) is 4.79 Å². The van der Waals surface area contributed by atoms with E-state index < -0.39 is 11.9 Å². The number of carbonyl (C=O) groups is 2. The highest BCUT2D eigenvalue weighted by Crippen LogP contribution is 2.24. The number of ether oxygens (including phenoxy) is 1. The quantitative estimate of drug-likeness (QED) is 0.813. The van der Waals surface area contributed by atoms with Gasteiger partial charge in [-0.2, -0.15) is 0 Å². The standard InChI is InChI=1S/C20H23N3O4/c1-2-27-16-9-7-15(8-10-16)22-18-17(6-3-11-21-18)19(24)23-12-4-5-14(13-23)20(25)26/h3,6-11,14H,2,4-5,12-13H2,1H3,(H,21,22)(H,25,26). The summed E-state index contributed by atoms with van der Waals surface area (Å²) in [5.41, 5.74) is 1.21. The van der Waals surface area contributed by atoms with E-state index in [4.69, 9.17) is 4.74 Å². The Bertz CT molecular complexity index is 807. The third-order valence-electron chi connectivity index (χ3n) is 4.52. The van der Waals surface area contributed by atoms with Crippen molar-refractivity contribution in [2.75, 3.05) is 25.0 Å². The number of carboxylic acids is 1. The average Bonchev–Trinajstić information content (AvgIpc) is 2.70. The predicted octanol–water partition coefficient (Wildman–Crippen LogP) is 3.16. The van der Waals surface area contributed by atoms with Crippen LogP contribution in [0.5, 0.6) is 5.75 Å². The Morgan fingerprint density at radius 1 is 1.30 bits per heavy atom. The summed E-state index contributed by atoms with van der Waals surface area (Å²) in [6.45, 7) is 3.30. The topological polar surface area (TPSA) is 91.8 Å². The van der Waals surface area contributed by atoms with Crippen LogP contribution in [-0.4, -0.2) is 46.6 Å². The van der Waals surface area contributed by atoms with Crippen LogP contribution in [0.4, 0.5) is 11.5 Å². The number of anilines is 2. The number of carbonyl (C=O) groups excluding carboxylic acids is 1. The monoisotopic (exact) mass is 369 g/mol. The van der Waals surface area contributed by atoms with Crippen molar-refractivity contribution in [2.24, 2.45) is 5.92 Å². The van der Waals surface area contributed by atoms with Gasteiger partial charge in [0, 0.05) is 25.0 Å². The van der Waals surface area contributed by atoms with Crippen molar-refractivity contribution in [2.45, 2.75) is 19.8 Å². The van der Waals surface area contributed by atoms with Gasteiger partial charge in [-0.15, -0.1) is 0 Å². The number of nitrogens with zero attached hydrogens (tertiary/aromatic N) is 2. The molecule has 1 fully saturated rings. The highest BCUT2D eigenvalue weighted by atomic mass is 16.5. The van der Waals surface area contributed by atoms with Gasteiger partial charge in [0.25, 0.3) is 5.91 Å². The zero-order valence-corrected chi connectivity index (χ0v) is 15.2. The Kier molecular flexibility index (Phi) is 5.90. The molecule has 0 spiro atoms. The Hall–Kier alpha value is -3.09. The number of rotatable bonds is 6. The zero-order chi connectivity index (χ0) is 19.2. The Labute approximate surface area is 158 Å². The summed E-state index contributed by atoms with van der Waals surface area (Å²) in [6, 6.07) is 10.8. The van der Waals surface area contributed by atoms with E-state index in [0.717, 1.165) is 11.4 Å². The fourth-order valence-corrected chi connectivity index (χ4v) is 3.15. The second-order valence-corrected chi connectivity index (χ2v) is 6.41. The van der Waals surface area contributed by atoms with E-state index in [1.807, 2.05) is 31.2 Å². The molecule has 142 valence electrons. The third kappa shape index (κ3) is 4.55. The van der Waals surface area contributed by atoms with Crippen LogP contribution in [0.2, 0.25) is 0 Å². The summed E-state index contributed by atoms with van der Waals surface area (Å²) in [5.74, 6) is -0.353. The Morgan fingerprint density at radius 3 is 2.78 bits per heavy atom. The van der Waals surface area contributed by atoms with Gasteiger partial charge in [0.1, 0.15) is 11.6 Å². The van der Waals surface area contributed by atoms with Gasteiger partial charge in [0.05, 0.1) is 18.1 Å². The molecule has 7 nitrogen and oxygen atoms in total. The lowest BCUT2D eigenvalue weighted by Crippen LogP contribution is -2.42. The normalized spacial score (nSPS) is 16.6. The summed E-state index contributed by atoms with van der Waals surface area (Å²) in [5, 5.41) is 12.4. The van der Waals surface area contributed by atoms with Crippen molar-refractivity contribution in [1.29, 1.82) is 0 Å². The van der Waals surface area contributed by atoms with Crippen LogP contribution in [0.15, 0.2) is 42.6 Å². The minimum Gasteiger partial charge on any atom is -0.494 e. The Morgan fingerprint density at radius 2 is 2.07 bits per heavy atom. The highest BCUT2D eigenvalue weighted by molar-refractivity contribution is 5.99. The maximum Gasteiger partial charge on any atom is 0.308 e. The molecule has 2 N–H and O–H groups in total. The number of hydrogen-bond donors (Lipinski definition) is 2. The molecule has 2 heterocycles. The van der Waals surface area contributed by atoms with Crippen molar-refractivity contribution in [1.82, 2.24) is 9.88 Å². The first-order chi connectivity index (χ1) is 13.1. The fourth-order valence-electron chi connectivity index (χ4n) is 3.15. The molecule has 0 radical (unpaired) electrons. The lowest BCUT2D eigenvalue weighted by atomic mass is 9.97. The van der Waals surface area contributed by atoms with E-state index in [2.05, 4.69) is 10.3 Å². The van der Waals surface area contributed by atoms with E-state index in [1.54, 1.807) is 23.2 Å². The number of aromatic nitrogens is 1. The maximum atomic E-state index is 13.0. The number of aliphatic carboxylic acids is 1. The van der Waals surface area contributed by atoms with Crippen LogP contribution >= 0.6 is 0 Å². The second-order valence-electron chi connectivity index (χ2n) is 6.41. The van der Waals surface area contributed by atoms with Crippen molar-refractivity contribution >= 4 is 23.4 Å². The molecule has 1 saturated heterocycles. The number of amides is 1. The van der Waals surface area contributed by atoms with Gasteiger partial charge in [0.2, 0.25) is 0 Å². The summed E-state index contributed by atoms with van der Waals surface area (Å²) in [7, 11) is 0. The molecule has 27 heavy (non-hydrogen) atoms. The molecule has 1 unspecified atom stereocenters. The summed E-state index contributed by atoms with van der Waals surface area (Å²) in [6.07, 6.45) is 2.90. The van der Waals surface area contributed by atoms with Gasteiger partial charge in [-0.3, -0.25) is 9.59 Å². The van der Waals surface area contributed by atoms with Crippen LogP contribution in [0.3, 0.4) is 0 Å². The molecule has 1 aliphatic rings. The smallest absolute Gasteiger partial charge is 0.308 e. The molecule has 1 aromatic heterocycles. The second kappa shape index (κ2) is 8.53. The maximum absolute atomic E-state index is 13.0. The average molecular weight is 369 g/mol. The molecule has 1 amide bonds. The number of nitrogens with one attached hydrogen (secondary N) is 1. The van der Waals surface area contributed by atoms with E-state index in [-0.39, 0.29) is 12.5 Å².